The van der Waals surface area contributed by atoms with E-state index in [2.05, 4.69) is 10.2 Å². The molecule has 0 heterocycles. The number of rotatable bonds is 6. The molecule has 0 radical (unpaired) electrons. The molecule has 0 saturated carbocycles. The molecule has 3 aromatic carbocycles. The third-order valence-corrected chi connectivity index (χ3v) is 5.37. The fraction of sp³-hybridized carbons (Fsp3) is 0.0833. The summed E-state index contributed by atoms with van der Waals surface area (Å²) in [5.74, 6) is 0. The SMILES string of the molecule is CN(N=Cc1ccccc1C=NN(C)C(=S)c1ccccc1)C(=S)c1ccccc1. The Morgan fingerprint density at radius 3 is 1.30 bits per heavy atom. The number of hydrogen-bond donors (Lipinski definition) is 0. The summed E-state index contributed by atoms with van der Waals surface area (Å²) in [5, 5.41) is 12.4. The Hall–Kier alpha value is -3.22. The number of nitrogens with zero attached hydrogens (tertiary/aromatic N) is 4. The topological polar surface area (TPSA) is 31.2 Å². The largest absolute Gasteiger partial charge is 0.257 e. The number of hydrogen-bond acceptors (Lipinski definition) is 4. The number of benzene rings is 3. The van der Waals surface area contributed by atoms with Crippen molar-refractivity contribution >= 4 is 46.8 Å². The van der Waals surface area contributed by atoms with Crippen molar-refractivity contribution in [3.05, 3.63) is 107 Å². The monoisotopic (exact) mass is 430 g/mol. The van der Waals surface area contributed by atoms with E-state index in [9.17, 15) is 0 Å². The van der Waals surface area contributed by atoms with Crippen molar-refractivity contribution in [2.45, 2.75) is 0 Å². The highest BCUT2D eigenvalue weighted by Gasteiger charge is 2.07. The summed E-state index contributed by atoms with van der Waals surface area (Å²) in [5.41, 5.74) is 3.78. The highest BCUT2D eigenvalue weighted by atomic mass is 32.1. The molecule has 4 nitrogen and oxygen atoms in total. The van der Waals surface area contributed by atoms with Gasteiger partial charge in [0, 0.05) is 36.3 Å². The Balaban J connectivity index is 1.72. The molecule has 0 atom stereocenters. The van der Waals surface area contributed by atoms with Crippen LogP contribution < -0.4 is 0 Å². The van der Waals surface area contributed by atoms with Crippen LogP contribution >= 0.6 is 24.4 Å². The third kappa shape index (κ3) is 5.65. The molecule has 0 aliphatic heterocycles. The molecule has 0 bridgehead atoms. The molecule has 0 unspecified atom stereocenters. The van der Waals surface area contributed by atoms with Gasteiger partial charge in [-0.3, -0.25) is 10.0 Å². The van der Waals surface area contributed by atoms with Crippen LogP contribution in [0, 0.1) is 0 Å². The van der Waals surface area contributed by atoms with Crippen LogP contribution in [-0.4, -0.2) is 46.5 Å². The summed E-state index contributed by atoms with van der Waals surface area (Å²) in [6, 6.07) is 27.6. The highest BCUT2D eigenvalue weighted by molar-refractivity contribution is 7.80. The molecule has 0 amide bonds. The van der Waals surface area contributed by atoms with Crippen molar-refractivity contribution in [1.82, 2.24) is 10.0 Å². The van der Waals surface area contributed by atoms with Gasteiger partial charge in [-0.2, -0.15) is 10.2 Å². The van der Waals surface area contributed by atoms with Gasteiger partial charge in [-0.05, 0) is 0 Å². The lowest BCUT2D eigenvalue weighted by molar-refractivity contribution is 0.558. The van der Waals surface area contributed by atoms with Crippen LogP contribution in [0.25, 0.3) is 0 Å². The molecule has 3 aromatic rings. The minimum absolute atomic E-state index is 0.658. The van der Waals surface area contributed by atoms with Gasteiger partial charge in [0.15, 0.2) is 0 Å². The van der Waals surface area contributed by atoms with Gasteiger partial charge in [0.25, 0.3) is 0 Å². The van der Waals surface area contributed by atoms with Gasteiger partial charge < -0.3 is 0 Å². The molecule has 0 spiro atoms. The normalized spacial score (nSPS) is 11.0. The maximum atomic E-state index is 5.52. The van der Waals surface area contributed by atoms with Crippen molar-refractivity contribution in [2.75, 3.05) is 14.1 Å². The summed E-state index contributed by atoms with van der Waals surface area (Å²) in [7, 11) is 3.68. The molecule has 0 N–H and O–H groups in total. The predicted octanol–water partition coefficient (Wildman–Crippen LogP) is 4.97. The van der Waals surface area contributed by atoms with E-state index in [0.717, 1.165) is 22.3 Å². The lowest BCUT2D eigenvalue weighted by Crippen LogP contribution is -2.20. The van der Waals surface area contributed by atoms with Crippen molar-refractivity contribution in [3.8, 4) is 0 Å². The van der Waals surface area contributed by atoms with E-state index in [4.69, 9.17) is 24.4 Å². The molecule has 0 aromatic heterocycles. The van der Waals surface area contributed by atoms with Crippen LogP contribution in [0.1, 0.15) is 22.3 Å². The van der Waals surface area contributed by atoms with Gasteiger partial charge in [0.1, 0.15) is 9.98 Å². The maximum absolute atomic E-state index is 5.52. The second kappa shape index (κ2) is 10.5. The van der Waals surface area contributed by atoms with Gasteiger partial charge in [0.05, 0.1) is 12.4 Å². The predicted molar refractivity (Wildman–Crippen MR) is 133 cm³/mol. The average Bonchev–Trinajstić information content (AvgIpc) is 2.81. The molecule has 0 aliphatic carbocycles. The summed E-state index contributed by atoms with van der Waals surface area (Å²) in [6.07, 6.45) is 3.57. The first-order chi connectivity index (χ1) is 14.6. The van der Waals surface area contributed by atoms with E-state index in [0.29, 0.717) is 9.98 Å². The standard InChI is InChI=1S/C24H22N4S2/c1-27(23(29)19-11-5-3-6-12-19)25-17-21-15-9-10-16-22(21)18-26-28(2)24(30)20-13-7-4-8-14-20/h3-18H,1-2H3. The third-order valence-electron chi connectivity index (χ3n) is 4.37. The van der Waals surface area contributed by atoms with Gasteiger partial charge in [-0.25, -0.2) is 0 Å². The van der Waals surface area contributed by atoms with Crippen LogP contribution in [-0.2, 0) is 0 Å². The van der Waals surface area contributed by atoms with E-state index in [-0.39, 0.29) is 0 Å². The molecule has 0 saturated heterocycles. The fourth-order valence-corrected chi connectivity index (χ4v) is 3.05. The van der Waals surface area contributed by atoms with Crippen molar-refractivity contribution < 1.29 is 0 Å². The van der Waals surface area contributed by atoms with Crippen molar-refractivity contribution in [3.63, 3.8) is 0 Å². The summed E-state index contributed by atoms with van der Waals surface area (Å²) < 4.78 is 0. The second-order valence-corrected chi connectivity index (χ2v) is 7.28. The number of hydrazone groups is 2. The Morgan fingerprint density at radius 2 is 0.933 bits per heavy atom. The lowest BCUT2D eigenvalue weighted by Gasteiger charge is -2.15. The molecule has 0 fully saturated rings. The van der Waals surface area contributed by atoms with Crippen LogP contribution in [0.4, 0.5) is 0 Å². The molecule has 30 heavy (non-hydrogen) atoms. The molecule has 0 aliphatic rings. The Bertz CT molecular complexity index is 976. The first-order valence-corrected chi connectivity index (χ1v) is 10.2. The first-order valence-electron chi connectivity index (χ1n) is 9.39. The van der Waals surface area contributed by atoms with Gasteiger partial charge in [0.2, 0.25) is 0 Å². The quantitative estimate of drug-likeness (QED) is 0.314. The Morgan fingerprint density at radius 1 is 0.600 bits per heavy atom. The van der Waals surface area contributed by atoms with Crippen molar-refractivity contribution in [2.24, 2.45) is 10.2 Å². The van der Waals surface area contributed by atoms with Gasteiger partial charge in [-0.15, -0.1) is 0 Å². The average molecular weight is 431 g/mol. The number of thiocarbonyl (C=S) groups is 2. The van der Waals surface area contributed by atoms with Gasteiger partial charge >= 0.3 is 0 Å². The molecule has 3 rings (SSSR count). The minimum Gasteiger partial charge on any atom is -0.257 e. The minimum atomic E-state index is 0.658. The maximum Gasteiger partial charge on any atom is 0.129 e. The zero-order valence-electron chi connectivity index (χ0n) is 16.8. The van der Waals surface area contributed by atoms with Crippen molar-refractivity contribution in [1.29, 1.82) is 0 Å². The van der Waals surface area contributed by atoms with Crippen LogP contribution in [0.3, 0.4) is 0 Å². The Kier molecular flexibility index (Phi) is 7.54. The zero-order valence-corrected chi connectivity index (χ0v) is 18.5. The summed E-state index contributed by atoms with van der Waals surface area (Å²) in [6.45, 7) is 0. The van der Waals surface area contributed by atoms with Crippen LogP contribution in [0.15, 0.2) is 95.1 Å². The van der Waals surface area contributed by atoms with Crippen LogP contribution in [0.2, 0.25) is 0 Å². The molecule has 6 heteroatoms. The Labute approximate surface area is 188 Å². The van der Waals surface area contributed by atoms with E-state index in [1.54, 1.807) is 22.4 Å². The lowest BCUT2D eigenvalue weighted by atomic mass is 10.1. The van der Waals surface area contributed by atoms with E-state index in [1.807, 2.05) is 99.0 Å². The fourth-order valence-electron chi connectivity index (χ4n) is 2.68. The van der Waals surface area contributed by atoms with Gasteiger partial charge in [-0.1, -0.05) is 109 Å². The van der Waals surface area contributed by atoms with Crippen LogP contribution in [0.5, 0.6) is 0 Å². The van der Waals surface area contributed by atoms with E-state index >= 15 is 0 Å². The first kappa shape index (κ1) is 21.5. The molecule has 150 valence electrons. The zero-order chi connectivity index (χ0) is 21.3. The summed E-state index contributed by atoms with van der Waals surface area (Å²) >= 11 is 11.0. The highest BCUT2D eigenvalue weighted by Crippen LogP contribution is 2.09. The molecular formula is C24H22N4S2. The summed E-state index contributed by atoms with van der Waals surface area (Å²) in [4.78, 5) is 1.32. The van der Waals surface area contributed by atoms with E-state index in [1.165, 1.54) is 0 Å². The smallest absolute Gasteiger partial charge is 0.129 e. The second-order valence-electron chi connectivity index (χ2n) is 6.51. The molecular weight excluding hydrogens is 408 g/mol. The van der Waals surface area contributed by atoms with E-state index < -0.39 is 0 Å².